The van der Waals surface area contributed by atoms with Gasteiger partial charge in [-0.05, 0) is 19.4 Å². The molecule has 1 saturated heterocycles. The highest BCUT2D eigenvalue weighted by Gasteiger charge is 2.54. The third-order valence-corrected chi connectivity index (χ3v) is 8.67. The van der Waals surface area contributed by atoms with Gasteiger partial charge in [0.25, 0.3) is 5.91 Å². The quantitative estimate of drug-likeness (QED) is 0.199. The number of aliphatic carboxylic acids is 1. The smallest absolute Gasteiger partial charge is 0.352 e. The van der Waals surface area contributed by atoms with Crippen molar-refractivity contribution in [2.45, 2.75) is 35.6 Å². The van der Waals surface area contributed by atoms with Gasteiger partial charge in [0.15, 0.2) is 4.34 Å². The maximum Gasteiger partial charge on any atom is 0.352 e. The number of nitro groups is 1. The summed E-state index contributed by atoms with van der Waals surface area (Å²) in [6.45, 7) is 3.29. The van der Waals surface area contributed by atoms with E-state index in [2.05, 4.69) is 20.6 Å². The molecule has 4 heterocycles. The SMILES string of the molecule is COc1nn([C@H](C)C(=O)N[C@H]2C(=O)N3C(C(=O)O)=C(CSc4nnc(C)s4)CS[C@@H]23)cc1[N+](=O)[O-]. The van der Waals surface area contributed by atoms with Gasteiger partial charge in [0.2, 0.25) is 5.91 Å². The van der Waals surface area contributed by atoms with E-state index in [9.17, 15) is 29.6 Å². The summed E-state index contributed by atoms with van der Waals surface area (Å²) < 4.78 is 6.66. The molecule has 1 fully saturated rings. The Balaban J connectivity index is 1.45. The number of β-lactam (4-membered cyclic amide) rings is 1. The molecule has 2 N–H and O–H groups in total. The number of aryl methyl sites for hydroxylation is 1. The largest absolute Gasteiger partial charge is 0.477 e. The minimum Gasteiger partial charge on any atom is -0.477 e. The van der Waals surface area contributed by atoms with Crippen LogP contribution in [0, 0.1) is 17.0 Å². The number of hydrogen-bond acceptors (Lipinski definition) is 12. The monoisotopic (exact) mass is 541 g/mol. The van der Waals surface area contributed by atoms with Gasteiger partial charge in [-0.2, -0.15) is 0 Å². The summed E-state index contributed by atoms with van der Waals surface area (Å²) in [5.74, 6) is -1.90. The van der Waals surface area contributed by atoms with Gasteiger partial charge in [-0.1, -0.05) is 23.1 Å². The van der Waals surface area contributed by atoms with E-state index in [-0.39, 0.29) is 11.6 Å². The zero-order chi connectivity index (χ0) is 25.4. The van der Waals surface area contributed by atoms with Gasteiger partial charge in [0, 0.05) is 11.5 Å². The molecule has 0 unspecified atom stereocenters. The highest BCUT2D eigenvalue weighted by Crippen LogP contribution is 2.42. The minimum absolute atomic E-state index is 0.0847. The molecule has 17 heteroatoms. The van der Waals surface area contributed by atoms with Crippen LogP contribution in [0.5, 0.6) is 5.88 Å². The predicted octanol–water partition coefficient (Wildman–Crippen LogP) is 1.05. The second kappa shape index (κ2) is 9.82. The Morgan fingerprint density at radius 3 is 2.77 bits per heavy atom. The second-order valence-electron chi connectivity index (χ2n) is 7.47. The number of ether oxygens (including phenoxy) is 1. The standard InChI is InChI=1S/C18H19N7O7S3/c1-7(23-4-10(25(30)31)14(22-23)32-3)13(26)19-11-15(27)24-12(17(28)29)9(5-33-16(11)24)6-34-18-21-20-8(2)35-18/h4,7,11,16H,5-6H2,1-3H3,(H,19,26)(H,28,29)/t7-,11+,16+/m1/s1. The van der Waals surface area contributed by atoms with Gasteiger partial charge in [0.05, 0.1) is 12.0 Å². The number of carbonyl (C=O) groups excluding carboxylic acids is 2. The number of fused-ring (bicyclic) bond motifs is 1. The van der Waals surface area contributed by atoms with Crippen LogP contribution in [0.1, 0.15) is 18.0 Å². The number of nitrogens with one attached hydrogen (secondary N) is 1. The fourth-order valence-corrected chi connectivity index (χ4v) is 6.81. The molecule has 2 aromatic heterocycles. The van der Waals surface area contributed by atoms with Crippen molar-refractivity contribution in [3.8, 4) is 5.88 Å². The predicted molar refractivity (Wildman–Crippen MR) is 125 cm³/mol. The first-order valence-electron chi connectivity index (χ1n) is 10.0. The molecule has 2 amide bonds. The van der Waals surface area contributed by atoms with Crippen molar-refractivity contribution in [3.05, 3.63) is 32.6 Å². The number of aromatic nitrogens is 4. The highest BCUT2D eigenvalue weighted by atomic mass is 32.2. The van der Waals surface area contributed by atoms with Crippen molar-refractivity contribution in [2.24, 2.45) is 0 Å². The number of methoxy groups -OCH3 is 1. The first-order valence-corrected chi connectivity index (χ1v) is 12.9. The van der Waals surface area contributed by atoms with Crippen molar-refractivity contribution < 1.29 is 29.2 Å². The van der Waals surface area contributed by atoms with E-state index in [1.165, 1.54) is 53.8 Å². The average Bonchev–Trinajstić information content (AvgIpc) is 3.45. The molecule has 0 spiro atoms. The van der Waals surface area contributed by atoms with Crippen molar-refractivity contribution in [1.29, 1.82) is 0 Å². The maximum absolute atomic E-state index is 12.9. The van der Waals surface area contributed by atoms with Crippen LogP contribution < -0.4 is 10.1 Å². The lowest BCUT2D eigenvalue weighted by Gasteiger charge is -2.49. The Hall–Kier alpha value is -3.18. The van der Waals surface area contributed by atoms with Crippen LogP contribution in [-0.4, -0.2) is 82.7 Å². The highest BCUT2D eigenvalue weighted by molar-refractivity contribution is 8.01. The van der Waals surface area contributed by atoms with Crippen LogP contribution in [0.25, 0.3) is 0 Å². The summed E-state index contributed by atoms with van der Waals surface area (Å²) in [7, 11) is 1.22. The summed E-state index contributed by atoms with van der Waals surface area (Å²) in [5, 5.41) is 35.6. The lowest BCUT2D eigenvalue weighted by atomic mass is 10.0. The third-order valence-electron chi connectivity index (χ3n) is 5.27. The molecule has 0 bridgehead atoms. The molecular weight excluding hydrogens is 522 g/mol. The molecule has 35 heavy (non-hydrogen) atoms. The number of carboxylic acids is 1. The second-order valence-corrected chi connectivity index (χ2v) is 11.0. The molecule has 3 atom stereocenters. The first-order chi connectivity index (χ1) is 16.6. The van der Waals surface area contributed by atoms with E-state index < -0.39 is 45.9 Å². The first kappa shape index (κ1) is 24.9. The van der Waals surface area contributed by atoms with E-state index in [0.717, 1.165) is 15.9 Å². The van der Waals surface area contributed by atoms with Crippen molar-refractivity contribution >= 4 is 58.3 Å². The third kappa shape index (κ3) is 4.70. The van der Waals surface area contributed by atoms with Crippen molar-refractivity contribution in [3.63, 3.8) is 0 Å². The van der Waals surface area contributed by atoms with Crippen LogP contribution in [-0.2, 0) is 14.4 Å². The molecule has 2 aliphatic rings. The fraction of sp³-hybridized carbons (Fsp3) is 0.444. The number of thioether (sulfide) groups is 2. The normalized spacial score (nSPS) is 20.2. The minimum atomic E-state index is -1.22. The van der Waals surface area contributed by atoms with Gasteiger partial charge in [-0.25, -0.2) is 9.48 Å². The van der Waals surface area contributed by atoms with Crippen LogP contribution in [0.3, 0.4) is 0 Å². The van der Waals surface area contributed by atoms with E-state index in [4.69, 9.17) is 4.74 Å². The number of carboxylic acid groups (broad SMARTS) is 1. The Morgan fingerprint density at radius 2 is 2.20 bits per heavy atom. The van der Waals surface area contributed by atoms with Gasteiger partial charge in [-0.3, -0.25) is 24.6 Å². The molecular formula is C18H19N7O7S3. The van der Waals surface area contributed by atoms with E-state index in [1.807, 2.05) is 6.92 Å². The molecule has 0 saturated carbocycles. The number of nitrogens with zero attached hydrogens (tertiary/aromatic N) is 6. The van der Waals surface area contributed by atoms with Gasteiger partial charge in [0.1, 0.15) is 34.4 Å². The average molecular weight is 542 g/mol. The van der Waals surface area contributed by atoms with Gasteiger partial charge >= 0.3 is 17.5 Å². The zero-order valence-corrected chi connectivity index (χ0v) is 21.0. The van der Waals surface area contributed by atoms with Crippen LogP contribution in [0.4, 0.5) is 5.69 Å². The number of rotatable bonds is 9. The molecule has 186 valence electrons. The van der Waals surface area contributed by atoms with Crippen LogP contribution in [0.2, 0.25) is 0 Å². The summed E-state index contributed by atoms with van der Waals surface area (Å²) in [6.07, 6.45) is 1.07. The van der Waals surface area contributed by atoms with E-state index >= 15 is 0 Å². The Bertz CT molecular complexity index is 1240. The molecule has 0 radical (unpaired) electrons. The summed E-state index contributed by atoms with van der Waals surface area (Å²) >= 11 is 4.10. The van der Waals surface area contributed by atoms with Crippen LogP contribution in [0.15, 0.2) is 21.8 Å². The Morgan fingerprint density at radius 1 is 1.46 bits per heavy atom. The molecule has 0 aliphatic carbocycles. The molecule has 14 nitrogen and oxygen atoms in total. The maximum atomic E-state index is 12.9. The summed E-state index contributed by atoms with van der Waals surface area (Å²) in [6, 6.07) is -1.92. The number of hydrogen-bond donors (Lipinski definition) is 2. The zero-order valence-electron chi connectivity index (χ0n) is 18.5. The van der Waals surface area contributed by atoms with Crippen LogP contribution >= 0.6 is 34.9 Å². The van der Waals surface area contributed by atoms with Gasteiger partial charge in [-0.15, -0.1) is 27.1 Å². The Kier molecular flexibility index (Phi) is 7.00. The molecule has 4 rings (SSSR count). The molecule has 2 aromatic rings. The molecule has 2 aliphatic heterocycles. The van der Waals surface area contributed by atoms with E-state index in [0.29, 0.717) is 21.4 Å². The van der Waals surface area contributed by atoms with Gasteiger partial charge < -0.3 is 15.2 Å². The molecule has 0 aromatic carbocycles. The summed E-state index contributed by atoms with van der Waals surface area (Å²) in [4.78, 5) is 49.3. The Labute approximate surface area is 210 Å². The lowest BCUT2D eigenvalue weighted by Crippen LogP contribution is -2.71. The van der Waals surface area contributed by atoms with Crippen molar-refractivity contribution in [1.82, 2.24) is 30.2 Å². The van der Waals surface area contributed by atoms with E-state index in [1.54, 1.807) is 0 Å². The van der Waals surface area contributed by atoms with Crippen molar-refractivity contribution in [2.75, 3.05) is 18.6 Å². The fourth-order valence-electron chi connectivity index (χ4n) is 3.51. The lowest BCUT2D eigenvalue weighted by molar-refractivity contribution is -0.385. The number of amides is 2. The summed E-state index contributed by atoms with van der Waals surface area (Å²) in [5.41, 5.74) is 0.101. The topological polar surface area (TPSA) is 183 Å². The number of carbonyl (C=O) groups is 3.